The highest BCUT2D eigenvalue weighted by atomic mass is 19.4. The number of benzene rings is 1. The van der Waals surface area contributed by atoms with Crippen LogP contribution in [-0.4, -0.2) is 61.3 Å². The monoisotopic (exact) mass is 495 g/mol. The number of rotatable bonds is 5. The molecule has 1 atom stereocenters. The van der Waals surface area contributed by atoms with E-state index < -0.39 is 17.6 Å². The Morgan fingerprint density at radius 1 is 1.11 bits per heavy atom. The molecule has 10 heteroatoms. The number of methoxy groups -OCH3 is 1. The number of anilines is 1. The first kappa shape index (κ1) is 25.3. The molecule has 2 fully saturated rings. The van der Waals surface area contributed by atoms with Crippen LogP contribution in [-0.2, 0) is 27.2 Å². The van der Waals surface area contributed by atoms with Gasteiger partial charge in [0.05, 0.1) is 12.6 Å². The summed E-state index contributed by atoms with van der Waals surface area (Å²) in [6, 6.07) is 5.32. The minimum atomic E-state index is -4.89. The third-order valence-electron chi connectivity index (χ3n) is 7.83. The molecular formula is C25H32F3N3O4. The summed E-state index contributed by atoms with van der Waals surface area (Å²) in [6.45, 7) is 0.398. The maximum Gasteiger partial charge on any atom is 0.471 e. The highest BCUT2D eigenvalue weighted by molar-refractivity contribution is 5.96. The summed E-state index contributed by atoms with van der Waals surface area (Å²) in [5.41, 5.74) is 1.81. The molecule has 35 heavy (non-hydrogen) atoms. The number of hydrogen-bond acceptors (Lipinski definition) is 4. The second-order valence-corrected chi connectivity index (χ2v) is 9.75. The van der Waals surface area contributed by atoms with Crippen LogP contribution in [0.3, 0.4) is 0 Å². The van der Waals surface area contributed by atoms with Crippen LogP contribution in [0.15, 0.2) is 18.2 Å². The Hall–Kier alpha value is -2.78. The fourth-order valence-electron chi connectivity index (χ4n) is 5.99. The summed E-state index contributed by atoms with van der Waals surface area (Å²) in [7, 11) is 1.35. The minimum Gasteiger partial charge on any atom is -0.469 e. The Morgan fingerprint density at radius 2 is 1.80 bits per heavy atom. The highest BCUT2D eigenvalue weighted by Crippen LogP contribution is 2.44. The molecular weight excluding hydrogens is 463 g/mol. The molecule has 3 amide bonds. The fraction of sp³-hybridized carbons (Fsp3) is 0.640. The van der Waals surface area contributed by atoms with E-state index in [1.54, 1.807) is 4.90 Å². The number of amides is 3. The third kappa shape index (κ3) is 5.11. The van der Waals surface area contributed by atoms with E-state index in [1.807, 2.05) is 18.2 Å². The van der Waals surface area contributed by atoms with Gasteiger partial charge in [0.25, 0.3) is 0 Å². The first-order valence-corrected chi connectivity index (χ1v) is 12.3. The number of alkyl halides is 3. The summed E-state index contributed by atoms with van der Waals surface area (Å²) in [5, 5.41) is 2.99. The molecule has 7 nitrogen and oxygen atoms in total. The number of hydrogen-bond donors (Lipinski definition) is 1. The molecule has 1 saturated carbocycles. The van der Waals surface area contributed by atoms with Gasteiger partial charge in [-0.15, -0.1) is 0 Å². The van der Waals surface area contributed by atoms with Gasteiger partial charge in [0, 0.05) is 31.7 Å². The van der Waals surface area contributed by atoms with Gasteiger partial charge < -0.3 is 15.0 Å². The predicted molar refractivity (Wildman–Crippen MR) is 123 cm³/mol. The summed E-state index contributed by atoms with van der Waals surface area (Å²) in [5.74, 6) is -1.92. The van der Waals surface area contributed by atoms with E-state index in [0.29, 0.717) is 25.1 Å². The van der Waals surface area contributed by atoms with Crippen molar-refractivity contribution < 1.29 is 32.3 Å². The zero-order valence-corrected chi connectivity index (χ0v) is 20.0. The molecule has 0 aromatic heterocycles. The smallest absolute Gasteiger partial charge is 0.469 e. The van der Waals surface area contributed by atoms with Gasteiger partial charge in [-0.1, -0.05) is 25.3 Å². The molecule has 4 rings (SSSR count). The Bertz CT molecular complexity index is 977. The van der Waals surface area contributed by atoms with Gasteiger partial charge in [0.2, 0.25) is 0 Å². The topological polar surface area (TPSA) is 79.0 Å². The average molecular weight is 496 g/mol. The zero-order chi connectivity index (χ0) is 25.2. The number of carbonyl (C=O) groups is 3. The molecule has 192 valence electrons. The first-order valence-electron chi connectivity index (χ1n) is 12.3. The van der Waals surface area contributed by atoms with Crippen molar-refractivity contribution in [3.63, 3.8) is 0 Å². The quantitative estimate of drug-likeness (QED) is 0.627. The van der Waals surface area contributed by atoms with Crippen molar-refractivity contribution in [2.75, 3.05) is 31.6 Å². The van der Waals surface area contributed by atoms with Crippen molar-refractivity contribution in [3.05, 3.63) is 29.3 Å². The predicted octanol–water partition coefficient (Wildman–Crippen LogP) is 3.98. The minimum absolute atomic E-state index is 0.0000310. The first-order chi connectivity index (χ1) is 16.7. The zero-order valence-electron chi connectivity index (χ0n) is 20.0. The van der Waals surface area contributed by atoms with Crippen molar-refractivity contribution in [2.24, 2.45) is 5.92 Å². The van der Waals surface area contributed by atoms with Gasteiger partial charge in [0.15, 0.2) is 0 Å². The van der Waals surface area contributed by atoms with Crippen molar-refractivity contribution in [1.82, 2.24) is 10.2 Å². The second kappa shape index (κ2) is 10.1. The van der Waals surface area contributed by atoms with Gasteiger partial charge in [-0.25, -0.2) is 4.79 Å². The lowest BCUT2D eigenvalue weighted by atomic mass is 9.71. The van der Waals surface area contributed by atoms with Crippen LogP contribution < -0.4 is 10.2 Å². The number of nitrogens with zero attached hydrogens (tertiary/aromatic N) is 2. The van der Waals surface area contributed by atoms with Crippen LogP contribution in [0.25, 0.3) is 0 Å². The van der Waals surface area contributed by atoms with E-state index in [1.165, 1.54) is 7.11 Å². The second-order valence-electron chi connectivity index (χ2n) is 9.75. The SMILES string of the molecule is COC(=O)CCC1(C2CCCCC2)CNC(=O)N1c1ccc2c(c1)CCN(C(=O)C(F)(F)F)CC2. The van der Waals surface area contributed by atoms with E-state index in [2.05, 4.69) is 5.32 Å². The number of ether oxygens (including phenoxy) is 1. The Labute approximate surface area is 203 Å². The number of nitrogens with one attached hydrogen (secondary N) is 1. The van der Waals surface area contributed by atoms with Crippen LogP contribution in [0.1, 0.15) is 56.1 Å². The molecule has 2 aliphatic heterocycles. The molecule has 1 aromatic carbocycles. The molecule has 1 unspecified atom stereocenters. The highest BCUT2D eigenvalue weighted by Gasteiger charge is 2.51. The van der Waals surface area contributed by atoms with E-state index in [-0.39, 0.29) is 43.8 Å². The maximum absolute atomic E-state index is 13.2. The lowest BCUT2D eigenvalue weighted by molar-refractivity contribution is -0.185. The molecule has 3 aliphatic rings. The largest absolute Gasteiger partial charge is 0.471 e. The number of carbonyl (C=O) groups excluding carboxylic acids is 3. The molecule has 0 radical (unpaired) electrons. The lowest BCUT2D eigenvalue weighted by Crippen LogP contribution is -2.54. The molecule has 0 bridgehead atoms. The fourth-order valence-corrected chi connectivity index (χ4v) is 5.99. The van der Waals surface area contributed by atoms with Crippen molar-refractivity contribution >= 4 is 23.6 Å². The molecule has 0 spiro atoms. The van der Waals surface area contributed by atoms with Gasteiger partial charge in [-0.05, 0) is 61.3 Å². The van der Waals surface area contributed by atoms with Gasteiger partial charge in [-0.3, -0.25) is 14.5 Å². The molecule has 2 heterocycles. The molecule has 1 N–H and O–H groups in total. The third-order valence-corrected chi connectivity index (χ3v) is 7.83. The van der Waals surface area contributed by atoms with Crippen molar-refractivity contribution in [2.45, 2.75) is 69.5 Å². The molecule has 1 aliphatic carbocycles. The van der Waals surface area contributed by atoms with Gasteiger partial charge in [0.1, 0.15) is 0 Å². The maximum atomic E-state index is 13.2. The number of halogens is 3. The van der Waals surface area contributed by atoms with E-state index in [9.17, 15) is 27.6 Å². The normalized spacial score (nSPS) is 23.5. The number of urea groups is 1. The summed E-state index contributed by atoms with van der Waals surface area (Å²) >= 11 is 0. The van der Waals surface area contributed by atoms with Crippen molar-refractivity contribution in [1.29, 1.82) is 0 Å². The van der Waals surface area contributed by atoms with Crippen molar-refractivity contribution in [3.8, 4) is 0 Å². The van der Waals surface area contributed by atoms with E-state index >= 15 is 0 Å². The lowest BCUT2D eigenvalue weighted by Gasteiger charge is -2.45. The van der Waals surface area contributed by atoms with E-state index in [0.717, 1.165) is 48.1 Å². The van der Waals surface area contributed by atoms with Crippen LogP contribution in [0, 0.1) is 5.92 Å². The Balaban J connectivity index is 1.63. The number of esters is 1. The van der Waals surface area contributed by atoms with Crippen LogP contribution in [0.2, 0.25) is 0 Å². The van der Waals surface area contributed by atoms with Gasteiger partial charge >= 0.3 is 24.1 Å². The standard InChI is InChI=1S/C25H32F3N3O4/c1-35-21(32)9-12-24(19-5-3-2-4-6-19)16-29-23(34)31(24)20-8-7-17-10-13-30(14-11-18(17)15-20)22(33)25(26,27)28/h7-8,15,19H,2-6,9-14,16H2,1H3,(H,29,34). The van der Waals surface area contributed by atoms with Crippen LogP contribution >= 0.6 is 0 Å². The Morgan fingerprint density at radius 3 is 2.46 bits per heavy atom. The van der Waals surface area contributed by atoms with E-state index in [4.69, 9.17) is 4.74 Å². The average Bonchev–Trinajstić information content (AvgIpc) is 3.05. The van der Waals surface area contributed by atoms with Gasteiger partial charge in [-0.2, -0.15) is 13.2 Å². The summed E-state index contributed by atoms with van der Waals surface area (Å²) < 4.78 is 43.7. The Kier molecular flexibility index (Phi) is 7.28. The molecule has 1 aromatic rings. The number of fused-ring (bicyclic) bond motifs is 1. The molecule has 1 saturated heterocycles. The van der Waals surface area contributed by atoms with Crippen LogP contribution in [0.5, 0.6) is 0 Å². The summed E-state index contributed by atoms with van der Waals surface area (Å²) in [4.78, 5) is 39.6. The summed E-state index contributed by atoms with van der Waals surface area (Å²) in [6.07, 6.45) is 1.58. The van der Waals surface area contributed by atoms with Crippen LogP contribution in [0.4, 0.5) is 23.7 Å².